The molecule has 0 radical (unpaired) electrons. The highest BCUT2D eigenvalue weighted by Crippen LogP contribution is 2.24. The standard InChI is InChI=1S/C11H22N2O/c1-11(2,3)10(14)12-7-8-13(4)9-5-6-9/h9H,5-8H2,1-4H3,(H,12,14). The third-order valence-corrected chi connectivity index (χ3v) is 2.60. The summed E-state index contributed by atoms with van der Waals surface area (Å²) in [7, 11) is 2.13. The van der Waals surface area contributed by atoms with E-state index in [1.54, 1.807) is 0 Å². The first kappa shape index (κ1) is 11.5. The van der Waals surface area contributed by atoms with Gasteiger partial charge in [0.2, 0.25) is 5.91 Å². The van der Waals surface area contributed by atoms with Crippen LogP contribution in [0.15, 0.2) is 0 Å². The fourth-order valence-electron chi connectivity index (χ4n) is 1.31. The zero-order valence-electron chi connectivity index (χ0n) is 9.76. The van der Waals surface area contributed by atoms with Crippen molar-refractivity contribution in [2.75, 3.05) is 20.1 Å². The van der Waals surface area contributed by atoms with E-state index in [1.807, 2.05) is 20.8 Å². The Kier molecular flexibility index (Phi) is 3.53. The van der Waals surface area contributed by atoms with E-state index in [2.05, 4.69) is 17.3 Å². The number of hydrogen-bond donors (Lipinski definition) is 1. The minimum Gasteiger partial charge on any atom is -0.354 e. The Morgan fingerprint density at radius 1 is 1.43 bits per heavy atom. The highest BCUT2D eigenvalue weighted by Gasteiger charge is 2.26. The van der Waals surface area contributed by atoms with E-state index in [0.29, 0.717) is 0 Å². The minimum absolute atomic E-state index is 0.140. The highest BCUT2D eigenvalue weighted by atomic mass is 16.2. The number of amides is 1. The molecular weight excluding hydrogens is 176 g/mol. The summed E-state index contributed by atoms with van der Waals surface area (Å²) in [5.41, 5.74) is -0.266. The molecule has 1 aliphatic rings. The van der Waals surface area contributed by atoms with E-state index in [0.717, 1.165) is 19.1 Å². The topological polar surface area (TPSA) is 32.3 Å². The fraction of sp³-hybridized carbons (Fsp3) is 0.909. The van der Waals surface area contributed by atoms with Crippen LogP contribution in [0.3, 0.4) is 0 Å². The second-order valence-electron chi connectivity index (χ2n) is 5.22. The molecule has 1 saturated carbocycles. The Hall–Kier alpha value is -0.570. The van der Waals surface area contributed by atoms with Gasteiger partial charge in [-0.25, -0.2) is 0 Å². The Bertz CT molecular complexity index is 204. The fourth-order valence-corrected chi connectivity index (χ4v) is 1.31. The van der Waals surface area contributed by atoms with E-state index in [4.69, 9.17) is 0 Å². The lowest BCUT2D eigenvalue weighted by Gasteiger charge is -2.20. The van der Waals surface area contributed by atoms with E-state index < -0.39 is 0 Å². The molecule has 0 saturated heterocycles. The van der Waals surface area contributed by atoms with Gasteiger partial charge in [0.05, 0.1) is 0 Å². The van der Waals surface area contributed by atoms with Crippen LogP contribution in [0.1, 0.15) is 33.6 Å². The molecule has 0 aromatic heterocycles. The molecule has 0 atom stereocenters. The Morgan fingerprint density at radius 3 is 2.43 bits per heavy atom. The summed E-state index contributed by atoms with van der Waals surface area (Å²) < 4.78 is 0. The maximum atomic E-state index is 11.5. The maximum Gasteiger partial charge on any atom is 0.225 e. The number of likely N-dealkylation sites (N-methyl/N-ethyl adjacent to an activating group) is 1. The first-order valence-electron chi connectivity index (χ1n) is 5.40. The second-order valence-corrected chi connectivity index (χ2v) is 5.22. The average Bonchev–Trinajstić information content (AvgIpc) is 2.84. The Labute approximate surface area is 86.9 Å². The predicted octanol–water partition coefficient (Wildman–Crippen LogP) is 1.24. The van der Waals surface area contributed by atoms with Crippen molar-refractivity contribution in [1.29, 1.82) is 0 Å². The SMILES string of the molecule is CN(CCNC(=O)C(C)(C)C)C1CC1. The van der Waals surface area contributed by atoms with Crippen molar-refractivity contribution < 1.29 is 4.79 Å². The number of hydrogen-bond acceptors (Lipinski definition) is 2. The third-order valence-electron chi connectivity index (χ3n) is 2.60. The van der Waals surface area contributed by atoms with Crippen LogP contribution >= 0.6 is 0 Å². The summed E-state index contributed by atoms with van der Waals surface area (Å²) in [6, 6.07) is 0.779. The molecule has 1 N–H and O–H groups in total. The van der Waals surface area contributed by atoms with Crippen LogP contribution in [0.4, 0.5) is 0 Å². The van der Waals surface area contributed by atoms with Crippen molar-refractivity contribution in [1.82, 2.24) is 10.2 Å². The largest absolute Gasteiger partial charge is 0.354 e. The van der Waals surface area contributed by atoms with Gasteiger partial charge in [-0.05, 0) is 19.9 Å². The molecular formula is C11H22N2O. The second kappa shape index (κ2) is 4.30. The highest BCUT2D eigenvalue weighted by molar-refractivity contribution is 5.81. The van der Waals surface area contributed by atoms with Gasteiger partial charge in [0.15, 0.2) is 0 Å². The molecule has 1 amide bonds. The van der Waals surface area contributed by atoms with Gasteiger partial charge in [-0.2, -0.15) is 0 Å². The van der Waals surface area contributed by atoms with Gasteiger partial charge in [0.1, 0.15) is 0 Å². The van der Waals surface area contributed by atoms with E-state index in [1.165, 1.54) is 12.8 Å². The summed E-state index contributed by atoms with van der Waals surface area (Å²) in [5, 5.41) is 2.96. The minimum atomic E-state index is -0.266. The molecule has 0 aliphatic heterocycles. The number of carbonyl (C=O) groups excluding carboxylic acids is 1. The molecule has 82 valence electrons. The van der Waals surface area contributed by atoms with Crippen molar-refractivity contribution >= 4 is 5.91 Å². The van der Waals surface area contributed by atoms with Gasteiger partial charge in [-0.3, -0.25) is 4.79 Å². The molecule has 0 bridgehead atoms. The van der Waals surface area contributed by atoms with Crippen molar-refractivity contribution in [3.63, 3.8) is 0 Å². The van der Waals surface area contributed by atoms with Crippen LogP contribution in [0.5, 0.6) is 0 Å². The molecule has 0 spiro atoms. The average molecular weight is 198 g/mol. The molecule has 0 aromatic carbocycles. The summed E-state index contributed by atoms with van der Waals surface area (Å²) >= 11 is 0. The Balaban J connectivity index is 2.11. The zero-order chi connectivity index (χ0) is 10.8. The predicted molar refractivity (Wildman–Crippen MR) is 58.1 cm³/mol. The number of rotatable bonds is 4. The lowest BCUT2D eigenvalue weighted by Crippen LogP contribution is -2.39. The number of nitrogens with one attached hydrogen (secondary N) is 1. The first-order chi connectivity index (χ1) is 6.41. The third kappa shape index (κ3) is 3.66. The molecule has 0 aromatic rings. The van der Waals surface area contributed by atoms with Crippen LogP contribution in [-0.4, -0.2) is 37.0 Å². The number of carbonyl (C=O) groups is 1. The van der Waals surface area contributed by atoms with Crippen LogP contribution in [-0.2, 0) is 4.79 Å². The van der Waals surface area contributed by atoms with Crippen LogP contribution in [0.2, 0.25) is 0 Å². The zero-order valence-corrected chi connectivity index (χ0v) is 9.76. The van der Waals surface area contributed by atoms with E-state index in [9.17, 15) is 4.79 Å². The summed E-state index contributed by atoms with van der Waals surface area (Å²) in [6.07, 6.45) is 2.65. The lowest BCUT2D eigenvalue weighted by atomic mass is 9.96. The van der Waals surface area contributed by atoms with Crippen molar-refractivity contribution in [2.45, 2.75) is 39.7 Å². The molecule has 1 rings (SSSR count). The van der Waals surface area contributed by atoms with Crippen LogP contribution in [0, 0.1) is 5.41 Å². The quantitative estimate of drug-likeness (QED) is 0.737. The molecule has 14 heavy (non-hydrogen) atoms. The molecule has 1 fully saturated rings. The molecule has 3 nitrogen and oxygen atoms in total. The van der Waals surface area contributed by atoms with E-state index in [-0.39, 0.29) is 11.3 Å². The Morgan fingerprint density at radius 2 is 2.00 bits per heavy atom. The molecule has 0 heterocycles. The lowest BCUT2D eigenvalue weighted by molar-refractivity contribution is -0.128. The summed E-state index contributed by atoms with van der Waals surface area (Å²) in [6.45, 7) is 7.54. The van der Waals surface area contributed by atoms with Gasteiger partial charge >= 0.3 is 0 Å². The van der Waals surface area contributed by atoms with Gasteiger partial charge in [0.25, 0.3) is 0 Å². The maximum absolute atomic E-state index is 11.5. The smallest absolute Gasteiger partial charge is 0.225 e. The molecule has 1 aliphatic carbocycles. The van der Waals surface area contributed by atoms with Gasteiger partial charge in [-0.1, -0.05) is 20.8 Å². The van der Waals surface area contributed by atoms with Crippen LogP contribution < -0.4 is 5.32 Å². The van der Waals surface area contributed by atoms with Crippen LogP contribution in [0.25, 0.3) is 0 Å². The summed E-state index contributed by atoms with van der Waals surface area (Å²) in [4.78, 5) is 13.8. The van der Waals surface area contributed by atoms with Gasteiger partial charge < -0.3 is 10.2 Å². The molecule has 0 unspecified atom stereocenters. The van der Waals surface area contributed by atoms with Gasteiger partial charge in [-0.15, -0.1) is 0 Å². The van der Waals surface area contributed by atoms with Gasteiger partial charge in [0, 0.05) is 24.5 Å². The van der Waals surface area contributed by atoms with Crippen molar-refractivity contribution in [3.8, 4) is 0 Å². The number of nitrogens with zero attached hydrogens (tertiary/aromatic N) is 1. The first-order valence-corrected chi connectivity index (χ1v) is 5.40. The normalized spacial score (nSPS) is 17.2. The van der Waals surface area contributed by atoms with E-state index >= 15 is 0 Å². The molecule has 3 heteroatoms. The van der Waals surface area contributed by atoms with Crippen molar-refractivity contribution in [2.24, 2.45) is 5.41 Å². The summed E-state index contributed by atoms with van der Waals surface area (Å²) in [5.74, 6) is 0.140. The monoisotopic (exact) mass is 198 g/mol. The van der Waals surface area contributed by atoms with Crippen molar-refractivity contribution in [3.05, 3.63) is 0 Å².